The number of carbonyl (C=O) groups is 2. The van der Waals surface area contributed by atoms with Crippen LogP contribution in [0.2, 0.25) is 0 Å². The smallest absolute Gasteiger partial charge is 0.312 e. The van der Waals surface area contributed by atoms with E-state index in [2.05, 4.69) is 10.6 Å². The molecule has 0 bridgehead atoms. The second-order valence-electron chi connectivity index (χ2n) is 7.07. The third-order valence-corrected chi connectivity index (χ3v) is 6.25. The van der Waals surface area contributed by atoms with Crippen molar-refractivity contribution in [2.45, 2.75) is 37.8 Å². The van der Waals surface area contributed by atoms with E-state index in [-0.39, 0.29) is 23.3 Å². The summed E-state index contributed by atoms with van der Waals surface area (Å²) >= 11 is 0. The van der Waals surface area contributed by atoms with Crippen molar-refractivity contribution >= 4 is 22.0 Å². The number of nitrogens with one attached hydrogen (secondary N) is 2. The van der Waals surface area contributed by atoms with Crippen LogP contribution >= 0.6 is 0 Å². The minimum absolute atomic E-state index is 0.201. The van der Waals surface area contributed by atoms with Crippen LogP contribution in [0.5, 0.6) is 0 Å². The first-order chi connectivity index (χ1) is 13.2. The van der Waals surface area contributed by atoms with Gasteiger partial charge in [-0.3, -0.25) is 4.79 Å². The molecule has 0 spiro atoms. The van der Waals surface area contributed by atoms with Crippen molar-refractivity contribution in [3.63, 3.8) is 0 Å². The predicted molar refractivity (Wildman–Crippen MR) is 104 cm³/mol. The Balaban J connectivity index is 1.97. The lowest BCUT2D eigenvalue weighted by atomic mass is 10.0. The SMILES string of the molecule is CC(C)CC(NC(N)=O)C(=O)NCc1ccc(S(=O)(=O)N2CCOCC2)cc1. The number of nitrogens with two attached hydrogens (primary N) is 1. The monoisotopic (exact) mass is 412 g/mol. The maximum Gasteiger partial charge on any atom is 0.312 e. The highest BCUT2D eigenvalue weighted by atomic mass is 32.2. The van der Waals surface area contributed by atoms with Gasteiger partial charge in [-0.2, -0.15) is 4.31 Å². The molecule has 156 valence electrons. The van der Waals surface area contributed by atoms with E-state index in [4.69, 9.17) is 10.5 Å². The average Bonchev–Trinajstić information content (AvgIpc) is 2.66. The lowest BCUT2D eigenvalue weighted by molar-refractivity contribution is -0.123. The van der Waals surface area contributed by atoms with E-state index in [1.807, 2.05) is 13.8 Å². The number of hydrogen-bond acceptors (Lipinski definition) is 5. The molecule has 10 heteroatoms. The van der Waals surface area contributed by atoms with Crippen molar-refractivity contribution in [1.29, 1.82) is 0 Å². The molecular weight excluding hydrogens is 384 g/mol. The number of benzene rings is 1. The molecule has 3 amide bonds. The molecule has 1 unspecified atom stereocenters. The third kappa shape index (κ3) is 6.18. The summed E-state index contributed by atoms with van der Waals surface area (Å²) in [5.41, 5.74) is 5.88. The second-order valence-corrected chi connectivity index (χ2v) is 9.01. The molecule has 1 fully saturated rings. The van der Waals surface area contributed by atoms with E-state index in [0.29, 0.717) is 32.7 Å². The van der Waals surface area contributed by atoms with Crippen molar-refractivity contribution in [3.8, 4) is 0 Å². The molecule has 1 aliphatic heterocycles. The highest BCUT2D eigenvalue weighted by molar-refractivity contribution is 7.89. The molecule has 0 aromatic heterocycles. The van der Waals surface area contributed by atoms with Crippen LogP contribution in [0.25, 0.3) is 0 Å². The molecular formula is C18H28N4O5S. The molecule has 2 rings (SSSR count). The molecule has 0 radical (unpaired) electrons. The molecule has 1 heterocycles. The Labute approximate surface area is 165 Å². The van der Waals surface area contributed by atoms with Gasteiger partial charge in [0.1, 0.15) is 6.04 Å². The molecule has 1 aliphatic rings. The molecule has 1 atom stereocenters. The topological polar surface area (TPSA) is 131 Å². The zero-order valence-electron chi connectivity index (χ0n) is 16.2. The van der Waals surface area contributed by atoms with Crippen LogP contribution in [0.1, 0.15) is 25.8 Å². The van der Waals surface area contributed by atoms with Gasteiger partial charge in [-0.1, -0.05) is 26.0 Å². The molecule has 9 nitrogen and oxygen atoms in total. The highest BCUT2D eigenvalue weighted by Gasteiger charge is 2.26. The third-order valence-electron chi connectivity index (χ3n) is 4.34. The van der Waals surface area contributed by atoms with Crippen LogP contribution < -0.4 is 16.4 Å². The van der Waals surface area contributed by atoms with Crippen molar-refractivity contribution in [2.24, 2.45) is 11.7 Å². The Hall–Kier alpha value is -2.17. The first-order valence-corrected chi connectivity index (χ1v) is 10.6. The van der Waals surface area contributed by atoms with Crippen molar-refractivity contribution < 1.29 is 22.7 Å². The van der Waals surface area contributed by atoms with Crippen molar-refractivity contribution in [1.82, 2.24) is 14.9 Å². The van der Waals surface area contributed by atoms with Crippen LogP contribution in [0.15, 0.2) is 29.2 Å². The number of ether oxygens (including phenoxy) is 1. The maximum absolute atomic E-state index is 12.6. The molecule has 0 aliphatic carbocycles. The van der Waals surface area contributed by atoms with Gasteiger partial charge in [-0.15, -0.1) is 0 Å². The minimum Gasteiger partial charge on any atom is -0.379 e. The van der Waals surface area contributed by atoms with E-state index in [1.54, 1.807) is 12.1 Å². The number of morpholine rings is 1. The summed E-state index contributed by atoms with van der Waals surface area (Å²) in [4.78, 5) is 23.6. The fourth-order valence-electron chi connectivity index (χ4n) is 2.90. The van der Waals surface area contributed by atoms with E-state index >= 15 is 0 Å². The van der Waals surface area contributed by atoms with Gasteiger partial charge in [0.25, 0.3) is 0 Å². The number of carbonyl (C=O) groups excluding carboxylic acids is 2. The Morgan fingerprint density at radius 2 is 1.79 bits per heavy atom. The molecule has 1 aromatic carbocycles. The van der Waals surface area contributed by atoms with E-state index in [0.717, 1.165) is 5.56 Å². The Kier molecular flexibility index (Phi) is 7.78. The lowest BCUT2D eigenvalue weighted by Crippen LogP contribution is -2.49. The standard InChI is InChI=1S/C18H28N4O5S/c1-13(2)11-16(21-18(19)24)17(23)20-12-14-3-5-15(6-4-14)28(25,26)22-7-9-27-10-8-22/h3-6,13,16H,7-12H2,1-2H3,(H,20,23)(H3,19,21,24). The first kappa shape index (κ1) is 22.1. The van der Waals surface area contributed by atoms with Crippen LogP contribution in [0.3, 0.4) is 0 Å². The molecule has 28 heavy (non-hydrogen) atoms. The number of hydrogen-bond donors (Lipinski definition) is 3. The average molecular weight is 413 g/mol. The largest absolute Gasteiger partial charge is 0.379 e. The van der Waals surface area contributed by atoms with E-state index < -0.39 is 22.1 Å². The van der Waals surface area contributed by atoms with Crippen molar-refractivity contribution in [3.05, 3.63) is 29.8 Å². The highest BCUT2D eigenvalue weighted by Crippen LogP contribution is 2.17. The molecule has 0 saturated carbocycles. The zero-order valence-corrected chi connectivity index (χ0v) is 17.0. The Morgan fingerprint density at radius 1 is 1.18 bits per heavy atom. The maximum atomic E-state index is 12.6. The molecule has 1 aromatic rings. The molecule has 4 N–H and O–H groups in total. The first-order valence-electron chi connectivity index (χ1n) is 9.20. The van der Waals surface area contributed by atoms with Gasteiger partial charge in [0.2, 0.25) is 15.9 Å². The van der Waals surface area contributed by atoms with Crippen LogP contribution in [-0.4, -0.2) is 57.0 Å². The summed E-state index contributed by atoms with van der Waals surface area (Å²) < 4.78 is 31.8. The van der Waals surface area contributed by atoms with E-state index in [1.165, 1.54) is 16.4 Å². The van der Waals surface area contributed by atoms with Crippen molar-refractivity contribution in [2.75, 3.05) is 26.3 Å². The van der Waals surface area contributed by atoms with Gasteiger partial charge >= 0.3 is 6.03 Å². The minimum atomic E-state index is -3.55. The van der Waals surface area contributed by atoms with Crippen LogP contribution in [-0.2, 0) is 26.1 Å². The fraction of sp³-hybridized carbons (Fsp3) is 0.556. The summed E-state index contributed by atoms with van der Waals surface area (Å²) in [5.74, 6) is -0.134. The number of primary amides is 1. The Morgan fingerprint density at radius 3 is 2.32 bits per heavy atom. The number of sulfonamides is 1. The van der Waals surface area contributed by atoms with Gasteiger partial charge in [0, 0.05) is 19.6 Å². The number of rotatable bonds is 8. The number of amides is 3. The summed E-state index contributed by atoms with van der Waals surface area (Å²) in [6, 6.07) is 4.91. The quantitative estimate of drug-likeness (QED) is 0.569. The number of nitrogens with zero attached hydrogens (tertiary/aromatic N) is 1. The molecule has 1 saturated heterocycles. The summed E-state index contributed by atoms with van der Waals surface area (Å²) in [5, 5.41) is 5.19. The van der Waals surface area contributed by atoms with E-state index in [9.17, 15) is 18.0 Å². The summed E-state index contributed by atoms with van der Waals surface area (Å²) in [6.07, 6.45) is 0.464. The lowest BCUT2D eigenvalue weighted by Gasteiger charge is -2.26. The van der Waals surface area contributed by atoms with Gasteiger partial charge in [0.15, 0.2) is 0 Å². The predicted octanol–water partition coefficient (Wildman–Crippen LogP) is 0.407. The van der Waals surface area contributed by atoms with Gasteiger partial charge in [-0.25, -0.2) is 13.2 Å². The second kappa shape index (κ2) is 9.85. The fourth-order valence-corrected chi connectivity index (χ4v) is 4.31. The normalized spacial score (nSPS) is 16.5. The number of urea groups is 1. The summed E-state index contributed by atoms with van der Waals surface area (Å²) in [6.45, 7) is 5.55. The van der Waals surface area contributed by atoms with Crippen LogP contribution in [0.4, 0.5) is 4.79 Å². The zero-order chi connectivity index (χ0) is 20.7. The summed E-state index contributed by atoms with van der Waals surface area (Å²) in [7, 11) is -3.55. The van der Waals surface area contributed by atoms with Gasteiger partial charge in [-0.05, 0) is 30.0 Å². The Bertz CT molecular complexity index is 774. The van der Waals surface area contributed by atoms with Crippen LogP contribution in [0, 0.1) is 5.92 Å². The van der Waals surface area contributed by atoms with Gasteiger partial charge < -0.3 is 21.1 Å². The van der Waals surface area contributed by atoms with Gasteiger partial charge in [0.05, 0.1) is 18.1 Å².